The average Bonchev–Trinajstić information content (AvgIpc) is 3.20. The molecule has 0 radical (unpaired) electrons. The van der Waals surface area contributed by atoms with Crippen molar-refractivity contribution in [2.45, 2.75) is 112 Å². The van der Waals surface area contributed by atoms with Crippen molar-refractivity contribution in [1.29, 1.82) is 0 Å². The zero-order chi connectivity index (χ0) is 24.7. The molecule has 34 heavy (non-hydrogen) atoms. The summed E-state index contributed by atoms with van der Waals surface area (Å²) in [6.45, 7) is 19.5. The third-order valence-electron chi connectivity index (χ3n) is 14.0. The summed E-state index contributed by atoms with van der Waals surface area (Å²) in [6, 6.07) is 0. The second kappa shape index (κ2) is 7.83. The first kappa shape index (κ1) is 24.8. The van der Waals surface area contributed by atoms with E-state index < -0.39 is 0 Å². The van der Waals surface area contributed by atoms with Crippen LogP contribution in [0.5, 0.6) is 0 Å². The fourth-order valence-electron chi connectivity index (χ4n) is 11.9. The summed E-state index contributed by atoms with van der Waals surface area (Å²) >= 11 is 0. The minimum Gasteiger partial charge on any atom is -0.411 e. The van der Waals surface area contributed by atoms with Gasteiger partial charge in [-0.05, 0) is 122 Å². The summed E-state index contributed by atoms with van der Waals surface area (Å²) in [4.78, 5) is 0. The molecule has 0 aromatic rings. The lowest BCUT2D eigenvalue weighted by Gasteiger charge is -2.72. The fraction of sp³-hybridized carbons (Fsp3) is 0.903. The molecule has 5 fully saturated rings. The van der Waals surface area contributed by atoms with Crippen LogP contribution in [0.1, 0.15) is 112 Å². The molecule has 0 bridgehead atoms. The number of aliphatic hydroxyl groups is 1. The van der Waals surface area contributed by atoms with Crippen molar-refractivity contribution in [3.8, 4) is 0 Å². The smallest absolute Gasteiger partial charge is 0.0655 e. The van der Waals surface area contributed by atoms with Gasteiger partial charge in [-0.15, -0.1) is 0 Å². The van der Waals surface area contributed by atoms with E-state index >= 15 is 0 Å². The van der Waals surface area contributed by atoms with Crippen LogP contribution in [0.3, 0.4) is 0 Å². The molecule has 5 aliphatic rings. The Kier molecular flexibility index (Phi) is 5.72. The molecule has 5 aliphatic carbocycles. The van der Waals surface area contributed by atoms with Crippen molar-refractivity contribution in [3.05, 3.63) is 12.2 Å². The highest BCUT2D eigenvalue weighted by Crippen LogP contribution is 2.77. The molecule has 0 spiro atoms. The van der Waals surface area contributed by atoms with Gasteiger partial charge in [0.05, 0.1) is 12.3 Å². The number of aliphatic hydroxyl groups excluding tert-OH is 1. The standard InChI is InChI=1S/C31H51NO2/c1-8-31-16-11-21(20(2)3)26(31)22-9-10-24-27(4)14-13-25(32-34)28(5,19-33)23(27)12-15-30(24,7)29(22,6)17-18-31/h21-24,26,33-34H,2,8-19H2,1,3-7H3/b32-25-/t21-,22+,23+,24+,26+,27-,28+,29+,30+,31+/m0/s1. The molecule has 0 amide bonds. The van der Waals surface area contributed by atoms with E-state index in [0.29, 0.717) is 34.0 Å². The quantitative estimate of drug-likeness (QED) is 0.251. The van der Waals surface area contributed by atoms with Gasteiger partial charge < -0.3 is 10.3 Å². The zero-order valence-electron chi connectivity index (χ0n) is 22.9. The van der Waals surface area contributed by atoms with E-state index in [0.717, 1.165) is 36.8 Å². The molecular formula is C31H51NO2. The first-order chi connectivity index (χ1) is 16.0. The van der Waals surface area contributed by atoms with Crippen molar-refractivity contribution in [3.63, 3.8) is 0 Å². The minimum absolute atomic E-state index is 0.0946. The van der Waals surface area contributed by atoms with Crippen molar-refractivity contribution in [1.82, 2.24) is 0 Å². The molecule has 0 aromatic carbocycles. The highest BCUT2D eigenvalue weighted by molar-refractivity contribution is 5.91. The van der Waals surface area contributed by atoms with Gasteiger partial charge in [0.25, 0.3) is 0 Å². The van der Waals surface area contributed by atoms with Gasteiger partial charge in [0.2, 0.25) is 0 Å². The van der Waals surface area contributed by atoms with Crippen LogP contribution in [0.25, 0.3) is 0 Å². The molecule has 192 valence electrons. The number of hydrogen-bond donors (Lipinski definition) is 2. The van der Waals surface area contributed by atoms with Crippen molar-refractivity contribution < 1.29 is 10.3 Å². The van der Waals surface area contributed by atoms with Crippen LogP contribution in [-0.4, -0.2) is 22.6 Å². The maximum atomic E-state index is 10.5. The Balaban J connectivity index is 1.55. The normalized spacial score (nSPS) is 55.7. The average molecular weight is 470 g/mol. The van der Waals surface area contributed by atoms with E-state index in [-0.39, 0.29) is 17.4 Å². The molecular weight excluding hydrogens is 418 g/mol. The maximum absolute atomic E-state index is 10.5. The number of nitrogens with zero attached hydrogens (tertiary/aromatic N) is 1. The lowest BCUT2D eigenvalue weighted by Crippen LogP contribution is -2.66. The van der Waals surface area contributed by atoms with Gasteiger partial charge in [0.1, 0.15) is 0 Å². The molecule has 3 heteroatoms. The predicted molar refractivity (Wildman–Crippen MR) is 140 cm³/mol. The minimum atomic E-state index is -0.388. The number of hydrogen-bond acceptors (Lipinski definition) is 3. The van der Waals surface area contributed by atoms with Gasteiger partial charge in [-0.2, -0.15) is 0 Å². The van der Waals surface area contributed by atoms with E-state index in [1.54, 1.807) is 0 Å². The van der Waals surface area contributed by atoms with Crippen LogP contribution < -0.4 is 0 Å². The van der Waals surface area contributed by atoms with E-state index in [4.69, 9.17) is 0 Å². The predicted octanol–water partition coefficient (Wildman–Crippen LogP) is 7.86. The zero-order valence-corrected chi connectivity index (χ0v) is 22.9. The molecule has 2 N–H and O–H groups in total. The summed E-state index contributed by atoms with van der Waals surface area (Å²) in [5.41, 5.74) is 3.36. The lowest BCUT2D eigenvalue weighted by molar-refractivity contribution is -0.230. The second-order valence-electron chi connectivity index (χ2n) is 14.5. The summed E-state index contributed by atoms with van der Waals surface area (Å²) < 4.78 is 0. The van der Waals surface area contributed by atoms with Gasteiger partial charge in [0.15, 0.2) is 0 Å². The molecule has 5 rings (SSSR count). The van der Waals surface area contributed by atoms with Crippen molar-refractivity contribution in [2.75, 3.05) is 6.61 Å². The molecule has 5 saturated carbocycles. The molecule has 0 saturated heterocycles. The van der Waals surface area contributed by atoms with Crippen LogP contribution in [0.2, 0.25) is 0 Å². The summed E-state index contributed by atoms with van der Waals surface area (Å²) in [6.07, 6.45) is 13.9. The summed E-state index contributed by atoms with van der Waals surface area (Å²) in [5, 5.41) is 24.0. The first-order valence-corrected chi connectivity index (χ1v) is 14.4. The SMILES string of the molecule is C=C(C)[C@@H]1CC[C@]2(CC)CC[C@]3(C)[C@H](CC[C@@H]4[C@@]5(C)CC/C(=N/O)[C@](C)(CO)[C@@H]5CC[C@]43C)[C@@H]12. The van der Waals surface area contributed by atoms with Crippen LogP contribution in [-0.2, 0) is 0 Å². The Labute approximate surface area is 208 Å². The third kappa shape index (κ3) is 2.83. The van der Waals surface area contributed by atoms with Gasteiger partial charge in [0, 0.05) is 5.41 Å². The largest absolute Gasteiger partial charge is 0.411 e. The number of fused-ring (bicyclic) bond motifs is 7. The van der Waals surface area contributed by atoms with Gasteiger partial charge in [-0.25, -0.2) is 0 Å². The van der Waals surface area contributed by atoms with E-state index in [9.17, 15) is 10.3 Å². The first-order valence-electron chi connectivity index (χ1n) is 14.4. The molecule has 3 nitrogen and oxygen atoms in total. The van der Waals surface area contributed by atoms with E-state index in [2.05, 4.69) is 53.3 Å². The van der Waals surface area contributed by atoms with Crippen LogP contribution >= 0.6 is 0 Å². The number of allylic oxidation sites excluding steroid dienone is 1. The van der Waals surface area contributed by atoms with Gasteiger partial charge in [-0.3, -0.25) is 0 Å². The topological polar surface area (TPSA) is 52.8 Å². The van der Waals surface area contributed by atoms with Crippen molar-refractivity contribution >= 4 is 5.71 Å². The van der Waals surface area contributed by atoms with Gasteiger partial charge in [-0.1, -0.05) is 58.3 Å². The van der Waals surface area contributed by atoms with E-state index in [1.807, 2.05) is 0 Å². The Morgan fingerprint density at radius 1 is 0.941 bits per heavy atom. The second-order valence-corrected chi connectivity index (χ2v) is 14.5. The number of oxime groups is 1. The monoisotopic (exact) mass is 469 g/mol. The maximum Gasteiger partial charge on any atom is 0.0655 e. The molecule has 0 aromatic heterocycles. The fourth-order valence-corrected chi connectivity index (χ4v) is 11.9. The summed E-state index contributed by atoms with van der Waals surface area (Å²) in [7, 11) is 0. The summed E-state index contributed by atoms with van der Waals surface area (Å²) in [5.74, 6) is 3.43. The Bertz CT molecular complexity index is 881. The molecule has 0 heterocycles. The highest BCUT2D eigenvalue weighted by atomic mass is 16.4. The number of rotatable bonds is 3. The molecule has 0 unspecified atom stereocenters. The van der Waals surface area contributed by atoms with E-state index in [1.165, 1.54) is 56.9 Å². The third-order valence-corrected chi connectivity index (χ3v) is 14.0. The molecule has 10 atom stereocenters. The lowest BCUT2D eigenvalue weighted by atomic mass is 9.32. The van der Waals surface area contributed by atoms with Crippen LogP contribution in [0.4, 0.5) is 0 Å². The Hall–Kier alpha value is -0.830. The van der Waals surface area contributed by atoms with Crippen LogP contribution in [0.15, 0.2) is 17.3 Å². The van der Waals surface area contributed by atoms with Crippen molar-refractivity contribution in [2.24, 2.45) is 61.8 Å². The van der Waals surface area contributed by atoms with Gasteiger partial charge >= 0.3 is 0 Å². The van der Waals surface area contributed by atoms with Crippen LogP contribution in [0, 0.1) is 56.7 Å². The Morgan fingerprint density at radius 3 is 2.29 bits per heavy atom. The molecule has 0 aliphatic heterocycles. The Morgan fingerprint density at radius 2 is 1.68 bits per heavy atom. The highest BCUT2D eigenvalue weighted by Gasteiger charge is 2.70.